The second-order valence-electron chi connectivity index (χ2n) is 8.13. The molecule has 11 heteroatoms. The lowest BCUT2D eigenvalue weighted by Crippen LogP contribution is -2.34. The maximum atomic E-state index is 12.0. The average Bonchev–Trinajstić information content (AvgIpc) is 3.30. The van der Waals surface area contributed by atoms with Crippen LogP contribution in [0.25, 0.3) is 0 Å². The molecule has 1 saturated heterocycles. The van der Waals surface area contributed by atoms with Crippen molar-refractivity contribution in [1.29, 1.82) is 0 Å². The number of nitrogens with one attached hydrogen (secondary N) is 2. The van der Waals surface area contributed by atoms with Gasteiger partial charge in [-0.2, -0.15) is 10.1 Å². The van der Waals surface area contributed by atoms with Crippen LogP contribution in [-0.4, -0.2) is 81.8 Å². The molecule has 0 spiro atoms. The predicted molar refractivity (Wildman–Crippen MR) is 123 cm³/mol. The smallest absolute Gasteiger partial charge is 0.260 e. The van der Waals surface area contributed by atoms with Crippen LogP contribution in [0.15, 0.2) is 24.7 Å². The Morgan fingerprint density at radius 1 is 1.38 bits per heavy atom. The summed E-state index contributed by atoms with van der Waals surface area (Å²) >= 11 is 6.28. The summed E-state index contributed by atoms with van der Waals surface area (Å²) in [6, 6.07) is 0.385. The van der Waals surface area contributed by atoms with Crippen molar-refractivity contribution in [3.63, 3.8) is 0 Å². The van der Waals surface area contributed by atoms with E-state index in [2.05, 4.69) is 37.6 Å². The number of anilines is 3. The van der Waals surface area contributed by atoms with E-state index in [9.17, 15) is 4.79 Å². The summed E-state index contributed by atoms with van der Waals surface area (Å²) in [7, 11) is 2.13. The number of nitrogens with zero attached hydrogens (tertiary/aromatic N) is 6. The molecule has 10 nitrogen and oxygen atoms in total. The molecule has 0 aromatic carbocycles. The van der Waals surface area contributed by atoms with E-state index in [-0.39, 0.29) is 12.5 Å². The van der Waals surface area contributed by atoms with Crippen molar-refractivity contribution in [3.05, 3.63) is 35.4 Å². The molecule has 32 heavy (non-hydrogen) atoms. The Hall–Kier alpha value is -2.85. The number of hydrogen-bond donors (Lipinski definition) is 2. The van der Waals surface area contributed by atoms with Gasteiger partial charge in [0.05, 0.1) is 29.9 Å². The summed E-state index contributed by atoms with van der Waals surface area (Å²) in [6.07, 6.45) is 8.85. The Morgan fingerprint density at radius 3 is 3.06 bits per heavy atom. The van der Waals surface area contributed by atoms with Crippen LogP contribution in [0.3, 0.4) is 0 Å². The lowest BCUT2D eigenvalue weighted by molar-refractivity contribution is -0.133. The molecular weight excluding hydrogens is 432 g/mol. The van der Waals surface area contributed by atoms with Gasteiger partial charge in [0.1, 0.15) is 10.8 Å². The van der Waals surface area contributed by atoms with Crippen molar-refractivity contribution in [2.24, 2.45) is 0 Å². The van der Waals surface area contributed by atoms with E-state index in [1.54, 1.807) is 17.4 Å². The van der Waals surface area contributed by atoms with E-state index < -0.39 is 0 Å². The van der Waals surface area contributed by atoms with E-state index in [0.29, 0.717) is 42.5 Å². The second-order valence-corrected chi connectivity index (χ2v) is 8.54. The lowest BCUT2D eigenvalue weighted by atomic mass is 10.3. The zero-order chi connectivity index (χ0) is 22.5. The van der Waals surface area contributed by atoms with Gasteiger partial charge in [-0.3, -0.25) is 9.48 Å². The number of likely N-dealkylation sites (tertiary alicyclic amines) is 1. The van der Waals surface area contributed by atoms with E-state index in [0.717, 1.165) is 37.3 Å². The summed E-state index contributed by atoms with van der Waals surface area (Å²) in [5, 5.41) is 11.6. The molecule has 0 unspecified atom stereocenters. The quantitative estimate of drug-likeness (QED) is 0.579. The number of halogens is 1. The summed E-state index contributed by atoms with van der Waals surface area (Å²) in [6.45, 7) is 5.95. The van der Waals surface area contributed by atoms with Gasteiger partial charge in [0.2, 0.25) is 5.95 Å². The minimum Gasteiger partial charge on any atom is -0.492 e. The van der Waals surface area contributed by atoms with E-state index >= 15 is 0 Å². The van der Waals surface area contributed by atoms with Crippen LogP contribution in [-0.2, 0) is 9.53 Å². The fraction of sp³-hybridized carbons (Fsp3) is 0.524. The Kier molecular flexibility index (Phi) is 7.11. The first kappa shape index (κ1) is 22.3. The van der Waals surface area contributed by atoms with Gasteiger partial charge in [0.15, 0.2) is 6.61 Å². The molecular formula is C21H29ClN8O2. The third kappa shape index (κ3) is 5.49. The molecule has 2 aliphatic heterocycles. The normalized spacial score (nSPS) is 19.2. The highest BCUT2D eigenvalue weighted by atomic mass is 35.5. The van der Waals surface area contributed by atoms with Gasteiger partial charge >= 0.3 is 0 Å². The molecule has 1 atom stereocenters. The molecule has 1 amide bonds. The third-order valence-corrected chi connectivity index (χ3v) is 5.90. The van der Waals surface area contributed by atoms with Crippen LogP contribution < -0.4 is 10.6 Å². The Balaban J connectivity index is 1.33. The average molecular weight is 461 g/mol. The number of amides is 1. The highest BCUT2D eigenvalue weighted by Gasteiger charge is 2.23. The van der Waals surface area contributed by atoms with Gasteiger partial charge < -0.3 is 25.2 Å². The van der Waals surface area contributed by atoms with E-state index in [4.69, 9.17) is 16.3 Å². The van der Waals surface area contributed by atoms with Crippen molar-refractivity contribution in [2.45, 2.75) is 25.8 Å². The Labute approximate surface area is 192 Å². The monoisotopic (exact) mass is 460 g/mol. The lowest BCUT2D eigenvalue weighted by Gasteiger charge is -2.19. The molecule has 4 rings (SSSR count). The van der Waals surface area contributed by atoms with Gasteiger partial charge in [-0.05, 0) is 39.4 Å². The molecule has 2 aliphatic rings. The number of rotatable bonds is 8. The molecule has 0 saturated carbocycles. The number of likely N-dealkylation sites (N-methyl/N-ethyl adjacent to an activating group) is 1. The summed E-state index contributed by atoms with van der Waals surface area (Å²) in [5.74, 6) is 0.992. The van der Waals surface area contributed by atoms with Gasteiger partial charge in [0.25, 0.3) is 5.91 Å². The van der Waals surface area contributed by atoms with Crippen LogP contribution in [0.5, 0.6) is 0 Å². The highest BCUT2D eigenvalue weighted by Crippen LogP contribution is 2.26. The first-order chi connectivity index (χ1) is 15.5. The van der Waals surface area contributed by atoms with Crippen molar-refractivity contribution in [1.82, 2.24) is 29.5 Å². The maximum Gasteiger partial charge on any atom is 0.260 e. The van der Waals surface area contributed by atoms with Gasteiger partial charge in [0, 0.05) is 32.4 Å². The molecule has 2 aromatic heterocycles. The SMILES string of the molecule is Cc1nn([C@@H]2CCN(C)C2)cc1Nc1ncc(Cl)c(NCCCN2CC=COCC2=O)n1. The van der Waals surface area contributed by atoms with Crippen molar-refractivity contribution >= 4 is 35.0 Å². The predicted octanol–water partition coefficient (Wildman–Crippen LogP) is 2.43. The molecule has 0 bridgehead atoms. The van der Waals surface area contributed by atoms with Crippen LogP contribution in [0.4, 0.5) is 17.5 Å². The topological polar surface area (TPSA) is 100 Å². The maximum absolute atomic E-state index is 12.0. The van der Waals surface area contributed by atoms with Crippen LogP contribution in [0.1, 0.15) is 24.6 Å². The number of carbonyl (C=O) groups excluding carboxylic acids is 1. The standard InChI is InChI=1S/C21H29ClN8O2/c1-15-18(13-30(27-15)16-5-9-28(2)12-16)25-21-24-11-17(22)20(26-21)23-6-3-7-29-8-4-10-32-14-19(29)31/h4,10-11,13,16H,3,5-9,12,14H2,1-2H3,(H2,23,24,25,26)/t16-/m1/s1. The van der Waals surface area contributed by atoms with E-state index in [1.165, 1.54) is 0 Å². The number of aryl methyl sites for hydroxylation is 1. The first-order valence-corrected chi connectivity index (χ1v) is 11.2. The summed E-state index contributed by atoms with van der Waals surface area (Å²) in [4.78, 5) is 24.9. The molecule has 1 fully saturated rings. The molecule has 0 aliphatic carbocycles. The van der Waals surface area contributed by atoms with Crippen LogP contribution in [0, 0.1) is 6.92 Å². The van der Waals surface area contributed by atoms with Gasteiger partial charge in [-0.1, -0.05) is 11.6 Å². The van der Waals surface area contributed by atoms with E-state index in [1.807, 2.05) is 23.9 Å². The summed E-state index contributed by atoms with van der Waals surface area (Å²) < 4.78 is 7.13. The van der Waals surface area contributed by atoms with Crippen LogP contribution in [0.2, 0.25) is 5.02 Å². The number of carbonyl (C=O) groups is 1. The second kappa shape index (κ2) is 10.2. The highest BCUT2D eigenvalue weighted by molar-refractivity contribution is 6.32. The molecule has 0 radical (unpaired) electrons. The van der Waals surface area contributed by atoms with Gasteiger partial charge in [-0.25, -0.2) is 4.98 Å². The number of aromatic nitrogens is 4. The molecule has 172 valence electrons. The fourth-order valence-corrected chi connectivity index (χ4v) is 3.99. The largest absolute Gasteiger partial charge is 0.492 e. The van der Waals surface area contributed by atoms with Crippen molar-refractivity contribution < 1.29 is 9.53 Å². The van der Waals surface area contributed by atoms with Crippen molar-refractivity contribution in [3.8, 4) is 0 Å². The molecule has 4 heterocycles. The first-order valence-electron chi connectivity index (χ1n) is 10.8. The van der Waals surface area contributed by atoms with Gasteiger partial charge in [-0.15, -0.1) is 0 Å². The molecule has 2 N–H and O–H groups in total. The number of ether oxygens (including phenoxy) is 1. The van der Waals surface area contributed by atoms with Crippen molar-refractivity contribution in [2.75, 3.05) is 57.0 Å². The minimum atomic E-state index is -0.0123. The minimum absolute atomic E-state index is 0.0123. The zero-order valence-electron chi connectivity index (χ0n) is 18.4. The van der Waals surface area contributed by atoms with Crippen LogP contribution >= 0.6 is 11.6 Å². The third-order valence-electron chi connectivity index (χ3n) is 5.62. The Bertz CT molecular complexity index is 979. The molecule has 2 aromatic rings. The fourth-order valence-electron chi connectivity index (χ4n) is 3.83. The Morgan fingerprint density at radius 2 is 2.25 bits per heavy atom. The number of hydrogen-bond acceptors (Lipinski definition) is 8. The summed E-state index contributed by atoms with van der Waals surface area (Å²) in [5.41, 5.74) is 1.77. The zero-order valence-corrected chi connectivity index (χ0v) is 19.2.